The molecule has 42 heavy (non-hydrogen) atoms. The van der Waals surface area contributed by atoms with Gasteiger partial charge in [-0.2, -0.15) is 0 Å². The van der Waals surface area contributed by atoms with Crippen LogP contribution in [-0.4, -0.2) is 36.8 Å². The fourth-order valence-electron chi connectivity index (χ4n) is 3.91. The molecular formula is C32H42O10. The lowest BCUT2D eigenvalue weighted by Crippen LogP contribution is -2.22. The minimum absolute atomic E-state index is 0.0805. The van der Waals surface area contributed by atoms with Gasteiger partial charge in [0.2, 0.25) is 12.6 Å². The Labute approximate surface area is 247 Å². The lowest BCUT2D eigenvalue weighted by atomic mass is 10.1. The molecular weight excluding hydrogens is 544 g/mol. The molecule has 10 nitrogen and oxygen atoms in total. The molecule has 0 fully saturated rings. The molecule has 0 N–H and O–H groups in total. The van der Waals surface area contributed by atoms with Gasteiger partial charge in [-0.3, -0.25) is 9.59 Å². The Hall–Kier alpha value is -4.08. The Bertz CT molecular complexity index is 972. The Kier molecular flexibility index (Phi) is 16.9. The highest BCUT2D eigenvalue weighted by Crippen LogP contribution is 2.13. The van der Waals surface area contributed by atoms with Crippen LogP contribution in [-0.2, 0) is 51.2 Å². The van der Waals surface area contributed by atoms with E-state index in [0.717, 1.165) is 49.7 Å². The van der Waals surface area contributed by atoms with Gasteiger partial charge in [-0.15, -0.1) is 0 Å². The van der Waals surface area contributed by atoms with E-state index in [2.05, 4.69) is 0 Å². The van der Waals surface area contributed by atoms with Crippen LogP contribution in [0, 0.1) is 0 Å². The third kappa shape index (κ3) is 16.9. The molecule has 0 saturated carbocycles. The van der Waals surface area contributed by atoms with Gasteiger partial charge in [0.05, 0.1) is 0 Å². The fourth-order valence-corrected chi connectivity index (χ4v) is 3.91. The number of hydrogen-bond donors (Lipinski definition) is 0. The monoisotopic (exact) mass is 586 g/mol. The van der Waals surface area contributed by atoms with Crippen LogP contribution in [0.5, 0.6) is 0 Å². The first kappa shape index (κ1) is 34.1. The first-order chi connectivity index (χ1) is 20.3. The van der Waals surface area contributed by atoms with E-state index < -0.39 is 36.8 Å². The highest BCUT2D eigenvalue weighted by atomic mass is 16.8. The molecule has 0 saturated heterocycles. The number of carbonyl (C=O) groups excluding carboxylic acids is 4. The van der Waals surface area contributed by atoms with Crippen LogP contribution in [0.1, 0.15) is 89.2 Å². The molecule has 0 radical (unpaired) electrons. The lowest BCUT2D eigenvalue weighted by molar-refractivity contribution is -0.169. The third-order valence-corrected chi connectivity index (χ3v) is 6.03. The van der Waals surface area contributed by atoms with Crippen molar-refractivity contribution in [3.8, 4) is 0 Å². The molecule has 0 amide bonds. The molecule has 10 heteroatoms. The maximum Gasteiger partial charge on any atom is 0.511 e. The normalized spacial score (nSPS) is 12.0. The molecule has 0 aliphatic rings. The van der Waals surface area contributed by atoms with E-state index in [1.165, 1.54) is 13.8 Å². The van der Waals surface area contributed by atoms with Crippen molar-refractivity contribution < 1.29 is 47.6 Å². The summed E-state index contributed by atoms with van der Waals surface area (Å²) in [5.74, 6) is -0.844. The Morgan fingerprint density at radius 2 is 0.833 bits per heavy atom. The average Bonchev–Trinajstić information content (AvgIpc) is 2.96. The quantitative estimate of drug-likeness (QED) is 0.0713. The van der Waals surface area contributed by atoms with Crippen molar-refractivity contribution in [1.29, 1.82) is 0 Å². The summed E-state index contributed by atoms with van der Waals surface area (Å²) in [4.78, 5) is 47.4. The number of unbranched alkanes of at least 4 members (excludes halogenated alkanes) is 7. The molecule has 0 aromatic heterocycles. The van der Waals surface area contributed by atoms with Gasteiger partial charge in [0, 0.05) is 26.7 Å². The Balaban J connectivity index is 1.38. The van der Waals surface area contributed by atoms with Crippen molar-refractivity contribution in [3.63, 3.8) is 0 Å². The van der Waals surface area contributed by atoms with Gasteiger partial charge in [-0.25, -0.2) is 9.59 Å². The predicted octanol–water partition coefficient (Wildman–Crippen LogP) is 7.37. The lowest BCUT2D eigenvalue weighted by Gasteiger charge is -2.14. The van der Waals surface area contributed by atoms with Crippen LogP contribution in [0.25, 0.3) is 0 Å². The number of rotatable bonds is 19. The first-order valence-electron chi connectivity index (χ1n) is 14.5. The summed E-state index contributed by atoms with van der Waals surface area (Å²) in [5, 5.41) is 0. The fraction of sp³-hybridized carbons (Fsp3) is 0.500. The smallest absolute Gasteiger partial charge is 0.429 e. The van der Waals surface area contributed by atoms with E-state index in [-0.39, 0.29) is 26.1 Å². The summed E-state index contributed by atoms with van der Waals surface area (Å²) in [6.45, 7) is 3.11. The average molecular weight is 587 g/mol. The molecule has 0 spiro atoms. The zero-order valence-electron chi connectivity index (χ0n) is 24.5. The van der Waals surface area contributed by atoms with Crippen LogP contribution in [0.2, 0.25) is 0 Å². The Morgan fingerprint density at radius 1 is 0.500 bits per heavy atom. The Morgan fingerprint density at radius 3 is 1.19 bits per heavy atom. The summed E-state index contributed by atoms with van der Waals surface area (Å²) in [6, 6.07) is 18.4. The largest absolute Gasteiger partial charge is 0.511 e. The van der Waals surface area contributed by atoms with Gasteiger partial charge in [-0.1, -0.05) is 99.2 Å². The van der Waals surface area contributed by atoms with Gasteiger partial charge in [0.15, 0.2) is 0 Å². The summed E-state index contributed by atoms with van der Waals surface area (Å²) in [6.07, 6.45) is 3.88. The van der Waals surface area contributed by atoms with Crippen molar-refractivity contribution >= 4 is 24.2 Å². The second-order valence-corrected chi connectivity index (χ2v) is 9.73. The summed E-state index contributed by atoms with van der Waals surface area (Å²) in [7, 11) is 0. The number of carbonyl (C=O) groups is 4. The van der Waals surface area contributed by atoms with Crippen molar-refractivity contribution in [3.05, 3.63) is 71.8 Å². The molecule has 0 aliphatic carbocycles. The number of ether oxygens (including phenoxy) is 6. The van der Waals surface area contributed by atoms with E-state index in [9.17, 15) is 19.2 Å². The summed E-state index contributed by atoms with van der Waals surface area (Å²) < 4.78 is 30.1. The van der Waals surface area contributed by atoms with Gasteiger partial charge in [0.25, 0.3) is 0 Å². The third-order valence-electron chi connectivity index (χ3n) is 6.03. The van der Waals surface area contributed by atoms with Crippen LogP contribution in [0.15, 0.2) is 60.7 Å². The minimum atomic E-state index is -1.02. The molecule has 2 aromatic carbocycles. The van der Waals surface area contributed by atoms with Crippen LogP contribution in [0.4, 0.5) is 9.59 Å². The summed E-state index contributed by atoms with van der Waals surface area (Å²) in [5.41, 5.74) is 1.66. The zero-order valence-corrected chi connectivity index (χ0v) is 24.5. The van der Waals surface area contributed by atoms with Crippen LogP contribution in [0.3, 0.4) is 0 Å². The van der Waals surface area contributed by atoms with E-state index in [1.807, 2.05) is 60.7 Å². The number of esters is 2. The molecule has 0 heterocycles. The van der Waals surface area contributed by atoms with E-state index >= 15 is 0 Å². The molecule has 230 valence electrons. The highest BCUT2D eigenvalue weighted by Gasteiger charge is 2.16. The van der Waals surface area contributed by atoms with Gasteiger partial charge >= 0.3 is 24.2 Å². The molecule has 2 rings (SSSR count). The standard InChI is InChI=1S/C32H42O10/c1-25(41-31(35)37-23-27-17-11-9-12-18-27)39-29(33)21-15-7-5-3-4-6-8-16-22-30(34)40-26(2)42-32(36)38-24-28-19-13-10-14-20-28/h9-14,17-20,25-26H,3-8,15-16,21-24H2,1-2H3. The maximum absolute atomic E-state index is 12.0. The van der Waals surface area contributed by atoms with Gasteiger partial charge in [-0.05, 0) is 24.0 Å². The number of hydrogen-bond acceptors (Lipinski definition) is 10. The second kappa shape index (κ2) is 20.7. The molecule has 0 aliphatic heterocycles. The molecule has 2 aromatic rings. The topological polar surface area (TPSA) is 124 Å². The second-order valence-electron chi connectivity index (χ2n) is 9.73. The minimum Gasteiger partial charge on any atom is -0.429 e. The first-order valence-corrected chi connectivity index (χ1v) is 14.5. The SMILES string of the molecule is CC(OC(=O)CCCCCCCCCCC(=O)OC(C)OC(=O)OCc1ccccc1)OC(=O)OCc1ccccc1. The maximum atomic E-state index is 12.0. The summed E-state index contributed by atoms with van der Waals surface area (Å²) >= 11 is 0. The highest BCUT2D eigenvalue weighted by molar-refractivity contribution is 5.70. The van der Waals surface area contributed by atoms with E-state index in [1.54, 1.807) is 0 Å². The van der Waals surface area contributed by atoms with Crippen LogP contribution >= 0.6 is 0 Å². The van der Waals surface area contributed by atoms with E-state index in [0.29, 0.717) is 12.8 Å². The number of benzene rings is 2. The molecule has 0 bridgehead atoms. The van der Waals surface area contributed by atoms with Crippen molar-refractivity contribution in [2.24, 2.45) is 0 Å². The zero-order chi connectivity index (χ0) is 30.4. The van der Waals surface area contributed by atoms with E-state index in [4.69, 9.17) is 28.4 Å². The van der Waals surface area contributed by atoms with Crippen molar-refractivity contribution in [1.82, 2.24) is 0 Å². The van der Waals surface area contributed by atoms with Crippen molar-refractivity contribution in [2.45, 2.75) is 104 Å². The van der Waals surface area contributed by atoms with Crippen LogP contribution < -0.4 is 0 Å². The van der Waals surface area contributed by atoms with Gasteiger partial charge in [0.1, 0.15) is 13.2 Å². The van der Waals surface area contributed by atoms with Gasteiger partial charge < -0.3 is 28.4 Å². The van der Waals surface area contributed by atoms with Crippen molar-refractivity contribution in [2.75, 3.05) is 0 Å². The molecule has 2 atom stereocenters. The molecule has 2 unspecified atom stereocenters. The predicted molar refractivity (Wildman–Crippen MR) is 153 cm³/mol.